The van der Waals surface area contributed by atoms with Gasteiger partial charge in [-0.2, -0.15) is 0 Å². The van der Waals surface area contributed by atoms with Crippen molar-refractivity contribution in [2.75, 3.05) is 0 Å². The van der Waals surface area contributed by atoms with E-state index in [9.17, 15) is 4.39 Å². The van der Waals surface area contributed by atoms with Gasteiger partial charge in [0, 0.05) is 23.1 Å². The van der Waals surface area contributed by atoms with Crippen molar-refractivity contribution in [2.24, 2.45) is 11.1 Å². The second-order valence-electron chi connectivity index (χ2n) is 6.77. The summed E-state index contributed by atoms with van der Waals surface area (Å²) in [6.45, 7) is 6.49. The number of hydrogen-bond donors (Lipinski definition) is 1. The SMILES string of the molecule is Cc1cc2c(n1-c1ccc(Cl)c(F)c1)CC(C)(C)CC2N. The Hall–Kier alpha value is -1.32. The van der Waals surface area contributed by atoms with Crippen LogP contribution in [0.25, 0.3) is 5.69 Å². The molecule has 0 spiro atoms. The fourth-order valence-electron chi connectivity index (χ4n) is 3.43. The molecule has 1 aromatic carbocycles. The number of nitrogens with two attached hydrogens (primary N) is 1. The third kappa shape index (κ3) is 2.49. The Kier molecular flexibility index (Phi) is 3.38. The molecule has 112 valence electrons. The zero-order chi connectivity index (χ0) is 15.4. The van der Waals surface area contributed by atoms with Crippen LogP contribution < -0.4 is 5.73 Å². The van der Waals surface area contributed by atoms with Gasteiger partial charge in [-0.05, 0) is 55.0 Å². The highest BCUT2D eigenvalue weighted by Gasteiger charge is 2.33. The molecule has 1 aliphatic carbocycles. The molecule has 4 heteroatoms. The first-order chi connectivity index (χ1) is 9.78. The molecular weight excluding hydrogens is 287 g/mol. The van der Waals surface area contributed by atoms with E-state index >= 15 is 0 Å². The molecule has 0 amide bonds. The van der Waals surface area contributed by atoms with E-state index in [0.29, 0.717) is 0 Å². The smallest absolute Gasteiger partial charge is 0.143 e. The first kappa shape index (κ1) is 14.6. The summed E-state index contributed by atoms with van der Waals surface area (Å²) >= 11 is 5.79. The molecule has 2 aromatic rings. The lowest BCUT2D eigenvalue weighted by molar-refractivity contribution is 0.278. The fourth-order valence-corrected chi connectivity index (χ4v) is 3.55. The van der Waals surface area contributed by atoms with Crippen LogP contribution in [0.15, 0.2) is 24.3 Å². The van der Waals surface area contributed by atoms with Gasteiger partial charge >= 0.3 is 0 Å². The van der Waals surface area contributed by atoms with Gasteiger partial charge in [0.05, 0.1) is 5.02 Å². The summed E-state index contributed by atoms with van der Waals surface area (Å²) in [5.41, 5.74) is 10.7. The van der Waals surface area contributed by atoms with Crippen LogP contribution in [-0.2, 0) is 6.42 Å². The number of benzene rings is 1. The Morgan fingerprint density at radius 3 is 2.71 bits per heavy atom. The number of aryl methyl sites for hydroxylation is 1. The molecule has 0 bridgehead atoms. The second-order valence-corrected chi connectivity index (χ2v) is 7.18. The summed E-state index contributed by atoms with van der Waals surface area (Å²) in [7, 11) is 0. The van der Waals surface area contributed by atoms with Gasteiger partial charge in [0.25, 0.3) is 0 Å². The molecule has 0 saturated carbocycles. The van der Waals surface area contributed by atoms with Crippen LogP contribution in [0.2, 0.25) is 5.02 Å². The Morgan fingerprint density at radius 2 is 2.05 bits per heavy atom. The van der Waals surface area contributed by atoms with Crippen molar-refractivity contribution in [3.63, 3.8) is 0 Å². The molecule has 1 unspecified atom stereocenters. The molecule has 3 rings (SSSR count). The molecule has 1 aromatic heterocycles. The average Bonchev–Trinajstić information content (AvgIpc) is 2.68. The van der Waals surface area contributed by atoms with E-state index in [0.717, 1.165) is 24.2 Å². The number of aromatic nitrogens is 1. The Labute approximate surface area is 129 Å². The van der Waals surface area contributed by atoms with Crippen molar-refractivity contribution in [3.05, 3.63) is 52.1 Å². The molecule has 0 aliphatic heterocycles. The first-order valence-electron chi connectivity index (χ1n) is 7.21. The van der Waals surface area contributed by atoms with Gasteiger partial charge in [-0.15, -0.1) is 0 Å². The van der Waals surface area contributed by atoms with Crippen LogP contribution in [0, 0.1) is 18.2 Å². The summed E-state index contributed by atoms with van der Waals surface area (Å²) in [5.74, 6) is -0.393. The van der Waals surface area contributed by atoms with E-state index in [1.165, 1.54) is 17.3 Å². The Bertz CT molecular complexity index is 703. The first-order valence-corrected chi connectivity index (χ1v) is 7.58. The minimum Gasteiger partial charge on any atom is -0.324 e. The van der Waals surface area contributed by atoms with Gasteiger partial charge in [-0.1, -0.05) is 25.4 Å². The molecule has 21 heavy (non-hydrogen) atoms. The van der Waals surface area contributed by atoms with E-state index in [1.54, 1.807) is 6.07 Å². The lowest BCUT2D eigenvalue weighted by Crippen LogP contribution is -2.30. The Balaban J connectivity index is 2.18. The molecule has 1 aliphatic rings. The largest absolute Gasteiger partial charge is 0.324 e. The van der Waals surface area contributed by atoms with Crippen molar-refractivity contribution in [1.82, 2.24) is 4.57 Å². The minimum absolute atomic E-state index is 0.0425. The average molecular weight is 307 g/mol. The van der Waals surface area contributed by atoms with Crippen LogP contribution in [0.4, 0.5) is 4.39 Å². The molecule has 0 saturated heterocycles. The predicted molar refractivity (Wildman–Crippen MR) is 84.5 cm³/mol. The number of rotatable bonds is 1. The van der Waals surface area contributed by atoms with Crippen molar-refractivity contribution in [3.8, 4) is 5.69 Å². The summed E-state index contributed by atoms with van der Waals surface area (Å²) in [6.07, 6.45) is 1.91. The standard InChI is InChI=1S/C17H20ClFN2/c1-10-6-12-15(20)8-17(2,3)9-16(12)21(10)11-4-5-13(18)14(19)7-11/h4-7,15H,8-9,20H2,1-3H3. The van der Waals surface area contributed by atoms with Crippen molar-refractivity contribution in [1.29, 1.82) is 0 Å². The van der Waals surface area contributed by atoms with E-state index in [2.05, 4.69) is 24.5 Å². The summed E-state index contributed by atoms with van der Waals surface area (Å²) in [4.78, 5) is 0. The highest BCUT2D eigenvalue weighted by atomic mass is 35.5. The van der Waals surface area contributed by atoms with Gasteiger partial charge < -0.3 is 10.3 Å². The van der Waals surface area contributed by atoms with Gasteiger partial charge in [0.2, 0.25) is 0 Å². The number of halogens is 2. The van der Waals surface area contributed by atoms with E-state index < -0.39 is 5.82 Å². The predicted octanol–water partition coefficient (Wildman–Crippen LogP) is 4.55. The van der Waals surface area contributed by atoms with Gasteiger partial charge in [-0.25, -0.2) is 4.39 Å². The number of fused-ring (bicyclic) bond motifs is 1. The highest BCUT2D eigenvalue weighted by molar-refractivity contribution is 6.30. The fraction of sp³-hybridized carbons (Fsp3) is 0.412. The molecule has 1 atom stereocenters. The Morgan fingerprint density at radius 1 is 1.33 bits per heavy atom. The normalized spacial score (nSPS) is 20.4. The quantitative estimate of drug-likeness (QED) is 0.823. The van der Waals surface area contributed by atoms with Crippen molar-refractivity contribution < 1.29 is 4.39 Å². The van der Waals surface area contributed by atoms with E-state index in [-0.39, 0.29) is 16.5 Å². The van der Waals surface area contributed by atoms with Crippen LogP contribution in [0.5, 0.6) is 0 Å². The summed E-state index contributed by atoms with van der Waals surface area (Å²) < 4.78 is 15.9. The maximum Gasteiger partial charge on any atom is 0.143 e. The molecule has 0 fully saturated rings. The molecule has 2 nitrogen and oxygen atoms in total. The number of hydrogen-bond acceptors (Lipinski definition) is 1. The molecule has 0 radical (unpaired) electrons. The highest BCUT2D eigenvalue weighted by Crippen LogP contribution is 2.41. The third-order valence-electron chi connectivity index (χ3n) is 4.30. The maximum atomic E-state index is 13.8. The van der Waals surface area contributed by atoms with Crippen LogP contribution in [0.1, 0.15) is 43.3 Å². The van der Waals surface area contributed by atoms with Gasteiger partial charge in [0.15, 0.2) is 0 Å². The topological polar surface area (TPSA) is 30.9 Å². The minimum atomic E-state index is -0.393. The maximum absolute atomic E-state index is 13.8. The molecule has 1 heterocycles. The third-order valence-corrected chi connectivity index (χ3v) is 4.61. The van der Waals surface area contributed by atoms with E-state index in [4.69, 9.17) is 17.3 Å². The van der Waals surface area contributed by atoms with Gasteiger partial charge in [-0.3, -0.25) is 0 Å². The van der Waals surface area contributed by atoms with Crippen LogP contribution in [0.3, 0.4) is 0 Å². The summed E-state index contributed by atoms with van der Waals surface area (Å²) in [5, 5.41) is 0.148. The second kappa shape index (κ2) is 4.85. The zero-order valence-electron chi connectivity index (χ0n) is 12.6. The van der Waals surface area contributed by atoms with Crippen LogP contribution >= 0.6 is 11.6 Å². The lowest BCUT2D eigenvalue weighted by atomic mass is 9.74. The van der Waals surface area contributed by atoms with E-state index in [1.807, 2.05) is 13.0 Å². The number of nitrogens with zero attached hydrogens (tertiary/aromatic N) is 1. The molecule has 2 N–H and O–H groups in total. The van der Waals surface area contributed by atoms with Crippen molar-refractivity contribution in [2.45, 2.75) is 39.7 Å². The lowest BCUT2D eigenvalue weighted by Gasteiger charge is -2.34. The monoisotopic (exact) mass is 306 g/mol. The van der Waals surface area contributed by atoms with Crippen molar-refractivity contribution >= 4 is 11.6 Å². The summed E-state index contributed by atoms with van der Waals surface area (Å²) in [6, 6.07) is 7.11. The molecular formula is C17H20ClFN2. The van der Waals surface area contributed by atoms with Crippen LogP contribution in [-0.4, -0.2) is 4.57 Å². The van der Waals surface area contributed by atoms with Gasteiger partial charge in [0.1, 0.15) is 5.82 Å². The zero-order valence-corrected chi connectivity index (χ0v) is 13.3.